The first kappa shape index (κ1) is 11.7. The van der Waals surface area contributed by atoms with E-state index in [2.05, 4.69) is 0 Å². The van der Waals surface area contributed by atoms with Gasteiger partial charge in [0.1, 0.15) is 0 Å². The Labute approximate surface area is 79.8 Å². The summed E-state index contributed by atoms with van der Waals surface area (Å²) in [5.74, 6) is 0.806. The molecule has 0 aromatic carbocycles. The molecule has 1 fully saturated rings. The van der Waals surface area contributed by atoms with Crippen molar-refractivity contribution in [3.8, 4) is 0 Å². The van der Waals surface area contributed by atoms with Gasteiger partial charge in [0.05, 0.1) is 5.38 Å². The van der Waals surface area contributed by atoms with Crippen LogP contribution in [0, 0.1) is 11.8 Å². The highest BCUT2D eigenvalue weighted by atomic mass is 35.5. The molecule has 1 saturated carbocycles. The van der Waals surface area contributed by atoms with Gasteiger partial charge in [-0.1, -0.05) is 26.0 Å². The standard InChI is InChI=1S/C6H9ClO.C4H8/c1-3-4(2)6(8)5(3)7;1-3-4-2/h3-5H,1-2H3;3-4H,1-2H3/b;4-3+. The first-order valence-corrected chi connectivity index (χ1v) is 4.75. The Kier molecular flexibility index (Phi) is 5.23. The molecule has 12 heavy (non-hydrogen) atoms. The van der Waals surface area contributed by atoms with E-state index in [0.717, 1.165) is 0 Å². The Bertz CT molecular complexity index is 159. The number of hydrogen-bond donors (Lipinski definition) is 0. The van der Waals surface area contributed by atoms with E-state index in [-0.39, 0.29) is 17.1 Å². The van der Waals surface area contributed by atoms with Gasteiger partial charge in [-0.05, 0) is 19.8 Å². The summed E-state index contributed by atoms with van der Waals surface area (Å²) in [6.07, 6.45) is 4.00. The SMILES string of the molecule is C/C=C/C.CC1C(=O)C(Cl)C1C. The third-order valence-corrected chi connectivity index (χ3v) is 2.92. The molecule has 70 valence electrons. The Hall–Kier alpha value is -0.300. The lowest BCUT2D eigenvalue weighted by Gasteiger charge is -2.34. The van der Waals surface area contributed by atoms with Crippen molar-refractivity contribution in [3.63, 3.8) is 0 Å². The van der Waals surface area contributed by atoms with Gasteiger partial charge in [-0.2, -0.15) is 0 Å². The van der Waals surface area contributed by atoms with Gasteiger partial charge in [0, 0.05) is 5.92 Å². The van der Waals surface area contributed by atoms with Crippen molar-refractivity contribution in [1.29, 1.82) is 0 Å². The maximum Gasteiger partial charge on any atom is 0.154 e. The number of hydrogen-bond acceptors (Lipinski definition) is 1. The van der Waals surface area contributed by atoms with Crippen molar-refractivity contribution in [2.45, 2.75) is 33.1 Å². The normalized spacial score (nSPS) is 34.1. The Balaban J connectivity index is 0.000000261. The molecule has 0 aromatic rings. The van der Waals surface area contributed by atoms with Gasteiger partial charge in [0.2, 0.25) is 0 Å². The molecule has 0 bridgehead atoms. The fraction of sp³-hybridized carbons (Fsp3) is 0.700. The lowest BCUT2D eigenvalue weighted by Crippen LogP contribution is -2.45. The van der Waals surface area contributed by atoms with Crippen LogP contribution in [0.4, 0.5) is 0 Å². The highest BCUT2D eigenvalue weighted by Gasteiger charge is 2.42. The number of allylic oxidation sites excluding steroid dienone is 2. The summed E-state index contributed by atoms with van der Waals surface area (Å²) in [7, 11) is 0. The number of Topliss-reactive ketones (excluding diaryl/α,β-unsaturated/α-hetero) is 1. The van der Waals surface area contributed by atoms with Gasteiger partial charge in [-0.25, -0.2) is 0 Å². The first-order valence-electron chi connectivity index (χ1n) is 4.31. The van der Waals surface area contributed by atoms with Crippen molar-refractivity contribution in [1.82, 2.24) is 0 Å². The van der Waals surface area contributed by atoms with E-state index < -0.39 is 0 Å². The summed E-state index contributed by atoms with van der Waals surface area (Å²) >= 11 is 5.60. The summed E-state index contributed by atoms with van der Waals surface area (Å²) in [4.78, 5) is 10.6. The highest BCUT2D eigenvalue weighted by molar-refractivity contribution is 6.34. The molecule has 3 atom stereocenters. The van der Waals surface area contributed by atoms with E-state index >= 15 is 0 Å². The summed E-state index contributed by atoms with van der Waals surface area (Å²) in [5, 5.41) is -0.190. The second kappa shape index (κ2) is 5.36. The Morgan fingerprint density at radius 3 is 1.75 bits per heavy atom. The Morgan fingerprint density at radius 1 is 1.25 bits per heavy atom. The topological polar surface area (TPSA) is 17.1 Å². The molecule has 1 nitrogen and oxygen atoms in total. The van der Waals surface area contributed by atoms with Crippen molar-refractivity contribution in [3.05, 3.63) is 12.2 Å². The average Bonchev–Trinajstić information content (AvgIpc) is 2.15. The minimum atomic E-state index is -0.190. The fourth-order valence-electron chi connectivity index (χ4n) is 0.904. The lowest BCUT2D eigenvalue weighted by atomic mass is 9.74. The fourth-order valence-corrected chi connectivity index (χ4v) is 1.32. The second-order valence-corrected chi connectivity index (χ2v) is 3.59. The molecule has 0 saturated heterocycles. The number of halogens is 1. The first-order chi connectivity index (χ1) is 5.56. The molecule has 1 aliphatic carbocycles. The van der Waals surface area contributed by atoms with Crippen LogP contribution in [0.1, 0.15) is 27.7 Å². The van der Waals surface area contributed by atoms with Gasteiger partial charge in [0.15, 0.2) is 5.78 Å². The van der Waals surface area contributed by atoms with Crippen molar-refractivity contribution >= 4 is 17.4 Å². The number of carbonyl (C=O) groups is 1. The van der Waals surface area contributed by atoms with Crippen LogP contribution < -0.4 is 0 Å². The number of alkyl halides is 1. The number of rotatable bonds is 0. The van der Waals surface area contributed by atoms with Crippen LogP contribution in [-0.4, -0.2) is 11.2 Å². The summed E-state index contributed by atoms with van der Waals surface area (Å²) in [6, 6.07) is 0. The van der Waals surface area contributed by atoms with Crippen LogP contribution in [-0.2, 0) is 4.79 Å². The van der Waals surface area contributed by atoms with E-state index in [4.69, 9.17) is 11.6 Å². The van der Waals surface area contributed by atoms with Crippen LogP contribution in [0.3, 0.4) is 0 Å². The number of carbonyl (C=O) groups excluding carboxylic acids is 1. The largest absolute Gasteiger partial charge is 0.298 e. The molecular formula is C10H17ClO. The summed E-state index contributed by atoms with van der Waals surface area (Å²) in [6.45, 7) is 7.93. The third-order valence-electron chi connectivity index (χ3n) is 2.30. The van der Waals surface area contributed by atoms with Crippen LogP contribution in [0.25, 0.3) is 0 Å². The predicted molar refractivity (Wildman–Crippen MR) is 53.5 cm³/mol. The molecule has 0 spiro atoms. The molecule has 0 aromatic heterocycles. The second-order valence-electron chi connectivity index (χ2n) is 3.12. The summed E-state index contributed by atoms with van der Waals surface area (Å²) in [5.41, 5.74) is 0. The zero-order valence-corrected chi connectivity index (χ0v) is 8.93. The van der Waals surface area contributed by atoms with Gasteiger partial charge >= 0.3 is 0 Å². The van der Waals surface area contributed by atoms with E-state index in [0.29, 0.717) is 5.92 Å². The molecule has 0 amide bonds. The minimum Gasteiger partial charge on any atom is -0.298 e. The zero-order valence-electron chi connectivity index (χ0n) is 8.17. The molecule has 0 aliphatic heterocycles. The Morgan fingerprint density at radius 2 is 1.67 bits per heavy atom. The van der Waals surface area contributed by atoms with Crippen LogP contribution in [0.5, 0.6) is 0 Å². The van der Waals surface area contributed by atoms with E-state index in [9.17, 15) is 4.79 Å². The monoisotopic (exact) mass is 188 g/mol. The van der Waals surface area contributed by atoms with Crippen LogP contribution in [0.2, 0.25) is 0 Å². The predicted octanol–water partition coefficient (Wildman–Crippen LogP) is 3.03. The quantitative estimate of drug-likeness (QED) is 0.422. The number of ketones is 1. The van der Waals surface area contributed by atoms with E-state index in [1.165, 1.54) is 0 Å². The minimum absolute atomic E-state index is 0.190. The summed E-state index contributed by atoms with van der Waals surface area (Å²) < 4.78 is 0. The maximum absolute atomic E-state index is 10.6. The van der Waals surface area contributed by atoms with Crippen LogP contribution in [0.15, 0.2) is 12.2 Å². The molecule has 3 unspecified atom stereocenters. The smallest absolute Gasteiger partial charge is 0.154 e. The zero-order chi connectivity index (χ0) is 9.72. The lowest BCUT2D eigenvalue weighted by molar-refractivity contribution is -0.131. The van der Waals surface area contributed by atoms with Crippen molar-refractivity contribution < 1.29 is 4.79 Å². The third kappa shape index (κ3) is 2.63. The van der Waals surface area contributed by atoms with Gasteiger partial charge in [-0.3, -0.25) is 4.79 Å². The van der Waals surface area contributed by atoms with Gasteiger partial charge in [-0.15, -0.1) is 11.6 Å². The van der Waals surface area contributed by atoms with Gasteiger partial charge in [0.25, 0.3) is 0 Å². The molecule has 0 N–H and O–H groups in total. The molecule has 2 heteroatoms. The van der Waals surface area contributed by atoms with E-state index in [1.807, 2.05) is 39.8 Å². The molecule has 0 radical (unpaired) electrons. The van der Waals surface area contributed by atoms with E-state index in [1.54, 1.807) is 0 Å². The van der Waals surface area contributed by atoms with Crippen molar-refractivity contribution in [2.75, 3.05) is 0 Å². The maximum atomic E-state index is 10.6. The molecule has 1 rings (SSSR count). The van der Waals surface area contributed by atoms with Crippen LogP contribution >= 0.6 is 11.6 Å². The average molecular weight is 189 g/mol. The highest BCUT2D eigenvalue weighted by Crippen LogP contribution is 2.33. The molecule has 1 aliphatic rings. The molecule has 0 heterocycles. The van der Waals surface area contributed by atoms with Crippen molar-refractivity contribution in [2.24, 2.45) is 11.8 Å². The molecular weight excluding hydrogens is 172 g/mol. The van der Waals surface area contributed by atoms with Gasteiger partial charge < -0.3 is 0 Å².